The molecule has 0 radical (unpaired) electrons. The van der Waals surface area contributed by atoms with E-state index in [2.05, 4.69) is 0 Å². The zero-order chi connectivity index (χ0) is 12.9. The normalized spacial score (nSPS) is 18.1. The van der Waals surface area contributed by atoms with E-state index >= 15 is 0 Å². The number of amides is 1. The summed E-state index contributed by atoms with van der Waals surface area (Å²) in [7, 11) is 0. The van der Waals surface area contributed by atoms with Gasteiger partial charge in [-0.3, -0.25) is 4.79 Å². The maximum atomic E-state index is 12.3. The van der Waals surface area contributed by atoms with Crippen LogP contribution in [0.1, 0.15) is 32.1 Å². The Morgan fingerprint density at radius 1 is 1.24 bits per heavy atom. The van der Waals surface area contributed by atoms with Gasteiger partial charge in [0, 0.05) is 18.3 Å². The van der Waals surface area contributed by atoms with Crippen LogP contribution in [0.5, 0.6) is 0 Å². The number of hydrogen-bond donors (Lipinski definition) is 0. The molecular weight excluding hydrogens is 255 g/mol. The maximum Gasteiger partial charge on any atom is 0.406 e. The molecule has 0 aliphatic heterocycles. The highest BCUT2D eigenvalue weighted by molar-refractivity contribution is 6.18. The summed E-state index contributed by atoms with van der Waals surface area (Å²) in [6.45, 7) is -1.22. The van der Waals surface area contributed by atoms with Crippen LogP contribution in [0.3, 0.4) is 0 Å². The lowest BCUT2D eigenvalue weighted by molar-refractivity contribution is -0.163. The van der Waals surface area contributed by atoms with E-state index in [-0.39, 0.29) is 24.2 Å². The van der Waals surface area contributed by atoms with Gasteiger partial charge in [-0.15, -0.1) is 11.6 Å². The molecule has 0 heterocycles. The van der Waals surface area contributed by atoms with Gasteiger partial charge in [0.1, 0.15) is 6.54 Å². The second-order valence-electron chi connectivity index (χ2n) is 4.40. The van der Waals surface area contributed by atoms with Crippen molar-refractivity contribution in [2.75, 3.05) is 19.0 Å². The van der Waals surface area contributed by atoms with Crippen LogP contribution in [0.2, 0.25) is 0 Å². The van der Waals surface area contributed by atoms with E-state index in [4.69, 9.17) is 11.6 Å². The molecule has 0 atom stereocenters. The molecule has 2 nitrogen and oxygen atoms in total. The molecule has 0 N–H and O–H groups in total. The summed E-state index contributed by atoms with van der Waals surface area (Å²) in [4.78, 5) is 12.8. The molecule has 0 unspecified atom stereocenters. The smallest absolute Gasteiger partial charge is 0.332 e. The minimum absolute atomic E-state index is 0.0314. The van der Waals surface area contributed by atoms with Gasteiger partial charge in [0.2, 0.25) is 5.91 Å². The van der Waals surface area contributed by atoms with Crippen molar-refractivity contribution in [3.8, 4) is 0 Å². The predicted octanol–water partition coefficient (Wildman–Crippen LogP) is 3.20. The van der Waals surface area contributed by atoms with Crippen LogP contribution >= 0.6 is 11.6 Å². The van der Waals surface area contributed by atoms with Crippen molar-refractivity contribution in [2.24, 2.45) is 5.92 Å². The standard InChI is InChI=1S/C11H17ClF3NO/c12-6-7-16(8-11(13,14)15)10(17)9-4-2-1-3-5-9/h9H,1-8H2. The number of halogens is 4. The number of carbonyl (C=O) groups excluding carboxylic acids is 1. The quantitative estimate of drug-likeness (QED) is 0.719. The number of alkyl halides is 4. The molecule has 0 spiro atoms. The maximum absolute atomic E-state index is 12.3. The van der Waals surface area contributed by atoms with Crippen molar-refractivity contribution in [2.45, 2.75) is 38.3 Å². The number of hydrogen-bond acceptors (Lipinski definition) is 1. The Hall–Kier alpha value is -0.450. The molecule has 17 heavy (non-hydrogen) atoms. The van der Waals surface area contributed by atoms with Gasteiger partial charge in [0.25, 0.3) is 0 Å². The monoisotopic (exact) mass is 271 g/mol. The molecule has 0 aromatic rings. The zero-order valence-corrected chi connectivity index (χ0v) is 10.4. The van der Waals surface area contributed by atoms with E-state index in [9.17, 15) is 18.0 Å². The third kappa shape index (κ3) is 5.15. The summed E-state index contributed by atoms with van der Waals surface area (Å²) < 4.78 is 37.0. The lowest BCUT2D eigenvalue weighted by Gasteiger charge is -2.29. The van der Waals surface area contributed by atoms with E-state index in [0.29, 0.717) is 12.8 Å². The largest absolute Gasteiger partial charge is 0.406 e. The van der Waals surface area contributed by atoms with Crippen LogP contribution in [0.25, 0.3) is 0 Å². The van der Waals surface area contributed by atoms with Gasteiger partial charge in [-0.05, 0) is 12.8 Å². The molecule has 1 amide bonds. The molecule has 1 aliphatic rings. The van der Waals surface area contributed by atoms with E-state index in [0.717, 1.165) is 24.2 Å². The van der Waals surface area contributed by atoms with Crippen LogP contribution in [0, 0.1) is 5.92 Å². The minimum Gasteiger partial charge on any atom is -0.332 e. The van der Waals surface area contributed by atoms with Crippen LogP contribution < -0.4 is 0 Å². The highest BCUT2D eigenvalue weighted by atomic mass is 35.5. The first-order chi connectivity index (χ1) is 7.94. The second-order valence-corrected chi connectivity index (χ2v) is 4.78. The van der Waals surface area contributed by atoms with Crippen molar-refractivity contribution in [3.63, 3.8) is 0 Å². The summed E-state index contributed by atoms with van der Waals surface area (Å²) in [5.41, 5.74) is 0. The Bertz CT molecular complexity index is 252. The summed E-state index contributed by atoms with van der Waals surface area (Å²) in [6, 6.07) is 0. The Labute approximate surface area is 104 Å². The van der Waals surface area contributed by atoms with Crippen molar-refractivity contribution in [3.05, 3.63) is 0 Å². The summed E-state index contributed by atoms with van der Waals surface area (Å²) in [6.07, 6.45) is -0.0197. The van der Waals surface area contributed by atoms with Gasteiger partial charge in [0.15, 0.2) is 0 Å². The SMILES string of the molecule is O=C(C1CCCCC1)N(CCCl)CC(F)(F)F. The van der Waals surface area contributed by atoms with Gasteiger partial charge in [0.05, 0.1) is 0 Å². The second kappa shape index (κ2) is 6.47. The van der Waals surface area contributed by atoms with Crippen molar-refractivity contribution in [1.82, 2.24) is 4.90 Å². The number of carbonyl (C=O) groups is 1. The van der Waals surface area contributed by atoms with Crippen molar-refractivity contribution >= 4 is 17.5 Å². The van der Waals surface area contributed by atoms with Crippen molar-refractivity contribution in [1.29, 1.82) is 0 Å². The fourth-order valence-corrected chi connectivity index (χ4v) is 2.40. The Balaban J connectivity index is 2.58. The molecular formula is C11H17ClF3NO. The molecule has 6 heteroatoms. The molecule has 1 aliphatic carbocycles. The highest BCUT2D eigenvalue weighted by Gasteiger charge is 2.35. The molecule has 1 rings (SSSR count). The first-order valence-corrected chi connectivity index (χ1v) is 6.39. The van der Waals surface area contributed by atoms with Gasteiger partial charge in [-0.1, -0.05) is 19.3 Å². The van der Waals surface area contributed by atoms with Crippen LogP contribution in [0.15, 0.2) is 0 Å². The molecule has 0 aromatic heterocycles. The summed E-state index contributed by atoms with van der Waals surface area (Å²) in [5.74, 6) is -0.592. The Morgan fingerprint density at radius 2 is 1.82 bits per heavy atom. The third-order valence-electron chi connectivity index (χ3n) is 2.99. The van der Waals surface area contributed by atoms with E-state index in [1.54, 1.807) is 0 Å². The van der Waals surface area contributed by atoms with E-state index < -0.39 is 12.7 Å². The molecule has 1 saturated carbocycles. The average molecular weight is 272 g/mol. The molecule has 0 aromatic carbocycles. The Kier molecular flexibility index (Phi) is 5.56. The lowest BCUT2D eigenvalue weighted by Crippen LogP contribution is -2.43. The lowest BCUT2D eigenvalue weighted by atomic mass is 9.88. The predicted molar refractivity (Wildman–Crippen MR) is 59.9 cm³/mol. The highest BCUT2D eigenvalue weighted by Crippen LogP contribution is 2.27. The van der Waals surface area contributed by atoms with E-state index in [1.165, 1.54) is 0 Å². The van der Waals surface area contributed by atoms with E-state index in [1.807, 2.05) is 0 Å². The number of rotatable bonds is 4. The molecule has 1 fully saturated rings. The average Bonchev–Trinajstić information content (AvgIpc) is 2.27. The molecule has 0 saturated heterocycles. The van der Waals surface area contributed by atoms with Crippen LogP contribution in [-0.4, -0.2) is 36.0 Å². The third-order valence-corrected chi connectivity index (χ3v) is 3.16. The Morgan fingerprint density at radius 3 is 2.29 bits per heavy atom. The minimum atomic E-state index is -4.35. The van der Waals surface area contributed by atoms with Gasteiger partial charge in [-0.25, -0.2) is 0 Å². The van der Waals surface area contributed by atoms with Crippen LogP contribution in [0.4, 0.5) is 13.2 Å². The van der Waals surface area contributed by atoms with Crippen molar-refractivity contribution < 1.29 is 18.0 Å². The zero-order valence-electron chi connectivity index (χ0n) is 9.60. The first kappa shape index (κ1) is 14.6. The summed E-state index contributed by atoms with van der Waals surface area (Å²) >= 11 is 5.45. The fraction of sp³-hybridized carbons (Fsp3) is 0.909. The van der Waals surface area contributed by atoms with Gasteiger partial charge in [-0.2, -0.15) is 13.2 Å². The van der Waals surface area contributed by atoms with Crippen LogP contribution in [-0.2, 0) is 4.79 Å². The first-order valence-electron chi connectivity index (χ1n) is 5.85. The van der Waals surface area contributed by atoms with Gasteiger partial charge < -0.3 is 4.90 Å². The molecule has 100 valence electrons. The van der Waals surface area contributed by atoms with Gasteiger partial charge >= 0.3 is 6.18 Å². The number of nitrogens with zero attached hydrogens (tertiary/aromatic N) is 1. The fourth-order valence-electron chi connectivity index (χ4n) is 2.19. The molecule has 0 bridgehead atoms. The topological polar surface area (TPSA) is 20.3 Å². The summed E-state index contributed by atoms with van der Waals surface area (Å²) in [5, 5.41) is 0.